The summed E-state index contributed by atoms with van der Waals surface area (Å²) in [6.07, 6.45) is 3.89. The highest BCUT2D eigenvalue weighted by Crippen LogP contribution is 2.28. The van der Waals surface area contributed by atoms with Crippen LogP contribution in [0.5, 0.6) is 0 Å². The van der Waals surface area contributed by atoms with Crippen LogP contribution in [0, 0.1) is 13.8 Å². The van der Waals surface area contributed by atoms with Crippen molar-refractivity contribution in [2.75, 3.05) is 0 Å². The summed E-state index contributed by atoms with van der Waals surface area (Å²) in [6, 6.07) is 7.62. The number of aromatic nitrogens is 3. The number of imidazole rings is 1. The Bertz CT molecular complexity index is 1050. The fourth-order valence-corrected chi connectivity index (χ4v) is 4.69. The molecular formula is C19H18N4O2S2. The molecule has 4 rings (SSSR count). The summed E-state index contributed by atoms with van der Waals surface area (Å²) >= 11 is 3.18. The van der Waals surface area contributed by atoms with E-state index in [9.17, 15) is 4.79 Å². The Morgan fingerprint density at radius 1 is 1.33 bits per heavy atom. The van der Waals surface area contributed by atoms with Gasteiger partial charge in [-0.3, -0.25) is 9.20 Å². The molecule has 0 aliphatic rings. The minimum Gasteiger partial charge on any atom is -0.361 e. The van der Waals surface area contributed by atoms with E-state index < -0.39 is 0 Å². The van der Waals surface area contributed by atoms with Gasteiger partial charge < -0.3 is 9.84 Å². The van der Waals surface area contributed by atoms with Crippen LogP contribution in [0.3, 0.4) is 0 Å². The molecule has 0 fully saturated rings. The summed E-state index contributed by atoms with van der Waals surface area (Å²) in [5.41, 5.74) is 3.47. The lowest BCUT2D eigenvalue weighted by molar-refractivity contribution is 0.0947. The van der Waals surface area contributed by atoms with Gasteiger partial charge >= 0.3 is 0 Å². The average molecular weight is 399 g/mol. The van der Waals surface area contributed by atoms with Crippen molar-refractivity contribution in [3.8, 4) is 0 Å². The fourth-order valence-electron chi connectivity index (χ4n) is 2.77. The first-order valence-electron chi connectivity index (χ1n) is 8.44. The third kappa shape index (κ3) is 3.77. The van der Waals surface area contributed by atoms with E-state index in [2.05, 4.69) is 15.5 Å². The molecule has 3 aromatic heterocycles. The number of nitrogens with zero attached hydrogens (tertiary/aromatic N) is 3. The van der Waals surface area contributed by atoms with Crippen LogP contribution in [-0.2, 0) is 12.3 Å². The van der Waals surface area contributed by atoms with E-state index in [4.69, 9.17) is 4.52 Å². The minimum atomic E-state index is -0.104. The van der Waals surface area contributed by atoms with Gasteiger partial charge in [-0.2, -0.15) is 0 Å². The van der Waals surface area contributed by atoms with E-state index in [1.807, 2.05) is 60.3 Å². The molecule has 0 unspecified atom stereocenters. The largest absolute Gasteiger partial charge is 0.361 e. The van der Waals surface area contributed by atoms with Gasteiger partial charge in [-0.15, -0.1) is 23.1 Å². The van der Waals surface area contributed by atoms with Crippen LogP contribution < -0.4 is 5.32 Å². The second-order valence-corrected chi connectivity index (χ2v) is 7.99. The molecule has 0 aliphatic carbocycles. The van der Waals surface area contributed by atoms with Crippen molar-refractivity contribution in [2.24, 2.45) is 0 Å². The molecule has 0 aliphatic heterocycles. The minimum absolute atomic E-state index is 0.104. The van der Waals surface area contributed by atoms with Crippen LogP contribution in [0.2, 0.25) is 0 Å². The monoisotopic (exact) mass is 398 g/mol. The number of amides is 1. The predicted molar refractivity (Wildman–Crippen MR) is 106 cm³/mol. The Balaban J connectivity index is 1.44. The van der Waals surface area contributed by atoms with Crippen LogP contribution in [0.15, 0.2) is 51.5 Å². The van der Waals surface area contributed by atoms with Crippen molar-refractivity contribution < 1.29 is 9.32 Å². The van der Waals surface area contributed by atoms with Gasteiger partial charge in [0, 0.05) is 34.0 Å². The predicted octanol–water partition coefficient (Wildman–Crippen LogP) is 4.22. The highest BCUT2D eigenvalue weighted by molar-refractivity contribution is 7.98. The molecule has 8 heteroatoms. The van der Waals surface area contributed by atoms with Gasteiger partial charge in [-0.05, 0) is 26.0 Å². The number of rotatable bonds is 6. The van der Waals surface area contributed by atoms with Crippen LogP contribution in [0.25, 0.3) is 4.96 Å². The van der Waals surface area contributed by atoms with Crippen molar-refractivity contribution in [1.82, 2.24) is 19.9 Å². The van der Waals surface area contributed by atoms with Gasteiger partial charge in [0.2, 0.25) is 0 Å². The molecular weight excluding hydrogens is 380 g/mol. The maximum atomic E-state index is 12.7. The van der Waals surface area contributed by atoms with E-state index >= 15 is 0 Å². The average Bonchev–Trinajstić information content (AvgIpc) is 3.34. The molecule has 1 amide bonds. The number of carbonyl (C=O) groups excluding carboxylic acids is 1. The number of benzene rings is 1. The van der Waals surface area contributed by atoms with Crippen molar-refractivity contribution in [3.05, 3.63) is 70.3 Å². The van der Waals surface area contributed by atoms with Crippen molar-refractivity contribution in [2.45, 2.75) is 31.0 Å². The van der Waals surface area contributed by atoms with Gasteiger partial charge in [0.15, 0.2) is 4.96 Å². The summed E-state index contributed by atoms with van der Waals surface area (Å²) in [5, 5.41) is 8.94. The third-order valence-corrected chi connectivity index (χ3v) is 6.13. The Morgan fingerprint density at radius 3 is 2.96 bits per heavy atom. The highest BCUT2D eigenvalue weighted by Gasteiger charge is 2.15. The van der Waals surface area contributed by atoms with Crippen LogP contribution in [-0.4, -0.2) is 20.4 Å². The van der Waals surface area contributed by atoms with E-state index in [-0.39, 0.29) is 5.91 Å². The SMILES string of the molecule is Cc1noc(C)c1CSc1ccccc1C(=O)NCc1cn2ccsc2n1. The van der Waals surface area contributed by atoms with Gasteiger partial charge in [0.25, 0.3) is 5.91 Å². The second kappa shape index (κ2) is 7.58. The summed E-state index contributed by atoms with van der Waals surface area (Å²) < 4.78 is 7.17. The van der Waals surface area contributed by atoms with E-state index in [1.54, 1.807) is 23.1 Å². The first-order valence-corrected chi connectivity index (χ1v) is 10.3. The molecule has 1 aromatic carbocycles. The third-order valence-electron chi connectivity index (χ3n) is 4.26. The Labute approximate surface area is 164 Å². The number of nitrogens with one attached hydrogen (secondary N) is 1. The van der Waals surface area contributed by atoms with Gasteiger partial charge in [0.05, 0.1) is 23.5 Å². The molecule has 27 heavy (non-hydrogen) atoms. The van der Waals surface area contributed by atoms with Gasteiger partial charge in [0.1, 0.15) is 5.76 Å². The molecule has 6 nitrogen and oxygen atoms in total. The number of fused-ring (bicyclic) bond motifs is 1. The Kier molecular flexibility index (Phi) is 5.00. The summed E-state index contributed by atoms with van der Waals surface area (Å²) in [7, 11) is 0. The van der Waals surface area contributed by atoms with Crippen molar-refractivity contribution >= 4 is 34.0 Å². The molecule has 0 spiro atoms. The van der Waals surface area contributed by atoms with Gasteiger partial charge in [-0.25, -0.2) is 4.98 Å². The zero-order valence-electron chi connectivity index (χ0n) is 14.9. The lowest BCUT2D eigenvalue weighted by Crippen LogP contribution is -2.23. The molecule has 0 saturated carbocycles. The van der Waals surface area contributed by atoms with Crippen molar-refractivity contribution in [3.63, 3.8) is 0 Å². The summed E-state index contributed by atoms with van der Waals surface area (Å²) in [6.45, 7) is 4.24. The number of thioether (sulfide) groups is 1. The molecule has 0 saturated heterocycles. The van der Waals surface area contributed by atoms with Crippen LogP contribution in [0.1, 0.15) is 33.1 Å². The second-order valence-electron chi connectivity index (χ2n) is 6.10. The molecule has 0 atom stereocenters. The first kappa shape index (κ1) is 17.8. The smallest absolute Gasteiger partial charge is 0.252 e. The Hall–Kier alpha value is -2.58. The summed E-state index contributed by atoms with van der Waals surface area (Å²) in [4.78, 5) is 19.1. The van der Waals surface area contributed by atoms with Crippen molar-refractivity contribution in [1.29, 1.82) is 0 Å². The molecule has 4 aromatic rings. The number of thiazole rings is 1. The molecule has 0 radical (unpaired) electrons. The summed E-state index contributed by atoms with van der Waals surface area (Å²) in [5.74, 6) is 1.43. The highest BCUT2D eigenvalue weighted by atomic mass is 32.2. The molecule has 1 N–H and O–H groups in total. The van der Waals surface area contributed by atoms with E-state index in [0.29, 0.717) is 17.9 Å². The maximum Gasteiger partial charge on any atom is 0.252 e. The Morgan fingerprint density at radius 2 is 2.19 bits per heavy atom. The van der Waals surface area contributed by atoms with E-state index in [1.165, 1.54) is 0 Å². The molecule has 0 bridgehead atoms. The van der Waals surface area contributed by atoms with E-state index in [0.717, 1.165) is 32.6 Å². The first-order chi connectivity index (χ1) is 13.1. The van der Waals surface area contributed by atoms with Crippen LogP contribution >= 0.6 is 23.1 Å². The fraction of sp³-hybridized carbons (Fsp3) is 0.211. The lowest BCUT2D eigenvalue weighted by Gasteiger charge is -2.09. The standard InChI is InChI=1S/C19H18N4O2S2/c1-12-16(13(2)25-22-12)11-27-17-6-4-3-5-15(17)18(24)20-9-14-10-23-7-8-26-19(23)21-14/h3-8,10H,9,11H2,1-2H3,(H,20,24). The molecule has 3 heterocycles. The number of hydrogen-bond acceptors (Lipinski definition) is 6. The normalized spacial score (nSPS) is 11.2. The topological polar surface area (TPSA) is 72.4 Å². The number of aryl methyl sites for hydroxylation is 2. The molecule has 138 valence electrons. The lowest BCUT2D eigenvalue weighted by atomic mass is 10.2. The number of hydrogen-bond donors (Lipinski definition) is 1. The zero-order valence-corrected chi connectivity index (χ0v) is 16.6. The van der Waals surface area contributed by atoms with Gasteiger partial charge in [-0.1, -0.05) is 17.3 Å². The van der Waals surface area contributed by atoms with Crippen LogP contribution in [0.4, 0.5) is 0 Å². The maximum absolute atomic E-state index is 12.7. The quantitative estimate of drug-likeness (QED) is 0.492. The number of carbonyl (C=O) groups is 1. The zero-order chi connectivity index (χ0) is 18.8.